The van der Waals surface area contributed by atoms with E-state index in [-0.39, 0.29) is 12.1 Å². The second-order valence-electron chi connectivity index (χ2n) is 9.22. The van der Waals surface area contributed by atoms with Crippen LogP contribution in [0.3, 0.4) is 0 Å². The van der Waals surface area contributed by atoms with E-state index in [2.05, 4.69) is 40.6 Å². The van der Waals surface area contributed by atoms with Gasteiger partial charge in [-0.25, -0.2) is 4.79 Å². The Kier molecular flexibility index (Phi) is 6.62. The minimum atomic E-state index is 0.0237. The summed E-state index contributed by atoms with van der Waals surface area (Å²) in [5, 5.41) is 2.99. The van der Waals surface area contributed by atoms with E-state index in [1.54, 1.807) is 0 Å². The summed E-state index contributed by atoms with van der Waals surface area (Å²) in [5.74, 6) is 0. The average molecular weight is 465 g/mol. The number of hydrogen-bond acceptors (Lipinski definition) is 5. The topological polar surface area (TPSA) is 57.7 Å². The van der Waals surface area contributed by atoms with Gasteiger partial charge in [0.1, 0.15) is 0 Å². The van der Waals surface area contributed by atoms with Crippen LogP contribution in [-0.2, 0) is 17.7 Å². The first kappa shape index (κ1) is 22.3. The molecule has 1 fully saturated rings. The van der Waals surface area contributed by atoms with Gasteiger partial charge >= 0.3 is 6.03 Å². The standard InChI is InChI=1S/C26H32N4O2S/c1-18(2)28-26(31)30-9-7-19(8-10-30)22-4-5-24-23(22)15-20(16-27-24)25-6-3-21(33-25)17-29-11-13-32-14-12-29/h3-4,6-7,15-16,18H,5,8-14,17H2,1-2H3,(H,28,31). The number of nitrogens with zero attached hydrogens (tertiary/aromatic N) is 3. The Labute approximate surface area is 200 Å². The van der Waals surface area contributed by atoms with Crippen molar-refractivity contribution in [2.45, 2.75) is 39.3 Å². The molecule has 0 bridgehead atoms. The number of carbonyl (C=O) groups is 1. The van der Waals surface area contributed by atoms with Gasteiger partial charge in [-0.3, -0.25) is 9.88 Å². The van der Waals surface area contributed by atoms with E-state index in [4.69, 9.17) is 9.72 Å². The highest BCUT2D eigenvalue weighted by molar-refractivity contribution is 7.15. The van der Waals surface area contributed by atoms with Gasteiger partial charge in [0.15, 0.2) is 0 Å². The van der Waals surface area contributed by atoms with E-state index in [9.17, 15) is 4.79 Å². The number of urea groups is 1. The van der Waals surface area contributed by atoms with Crippen molar-refractivity contribution in [2.75, 3.05) is 39.4 Å². The van der Waals surface area contributed by atoms with Gasteiger partial charge in [-0.2, -0.15) is 0 Å². The first-order valence-electron chi connectivity index (χ1n) is 11.9. The number of ether oxygens (including phenoxy) is 1. The van der Waals surface area contributed by atoms with Crippen molar-refractivity contribution in [2.24, 2.45) is 0 Å². The lowest BCUT2D eigenvalue weighted by Gasteiger charge is -2.28. The molecule has 2 amide bonds. The monoisotopic (exact) mass is 464 g/mol. The van der Waals surface area contributed by atoms with Crippen LogP contribution in [-0.4, -0.2) is 66.2 Å². The molecule has 0 spiro atoms. The molecule has 7 heteroatoms. The summed E-state index contributed by atoms with van der Waals surface area (Å²) in [6.07, 6.45) is 8.29. The average Bonchev–Trinajstić information content (AvgIpc) is 3.46. The van der Waals surface area contributed by atoms with Gasteiger partial charge in [0, 0.05) is 72.3 Å². The van der Waals surface area contributed by atoms with E-state index in [0.717, 1.165) is 57.9 Å². The van der Waals surface area contributed by atoms with Crippen LogP contribution in [0.5, 0.6) is 0 Å². The number of amides is 2. The number of nitrogens with one attached hydrogen (secondary N) is 1. The van der Waals surface area contributed by atoms with Crippen molar-refractivity contribution in [3.8, 4) is 10.4 Å². The quantitative estimate of drug-likeness (QED) is 0.716. The summed E-state index contributed by atoms with van der Waals surface area (Å²) in [6.45, 7) is 10.1. The summed E-state index contributed by atoms with van der Waals surface area (Å²) in [4.78, 5) is 24.1. The predicted octanol–water partition coefficient (Wildman–Crippen LogP) is 4.33. The highest BCUT2D eigenvalue weighted by Crippen LogP contribution is 2.38. The summed E-state index contributed by atoms with van der Waals surface area (Å²) < 4.78 is 5.47. The number of hydrogen-bond donors (Lipinski definition) is 1. The molecule has 3 aliphatic rings. The molecule has 2 aromatic rings. The molecule has 174 valence electrons. The molecule has 2 aliphatic heterocycles. The highest BCUT2D eigenvalue weighted by atomic mass is 32.1. The molecular weight excluding hydrogens is 432 g/mol. The summed E-state index contributed by atoms with van der Waals surface area (Å²) in [5.41, 5.74) is 6.23. The maximum atomic E-state index is 12.3. The molecule has 33 heavy (non-hydrogen) atoms. The Morgan fingerprint density at radius 2 is 2.06 bits per heavy atom. The Morgan fingerprint density at radius 3 is 2.82 bits per heavy atom. The number of allylic oxidation sites excluding steroid dienone is 2. The van der Waals surface area contributed by atoms with Gasteiger partial charge < -0.3 is 15.0 Å². The Hall–Kier alpha value is -2.48. The Morgan fingerprint density at radius 1 is 1.21 bits per heavy atom. The fraction of sp³-hybridized carbons (Fsp3) is 0.462. The van der Waals surface area contributed by atoms with Crippen LogP contribution in [0.15, 0.2) is 42.1 Å². The zero-order chi connectivity index (χ0) is 22.8. The van der Waals surface area contributed by atoms with Gasteiger partial charge in [0.25, 0.3) is 0 Å². The Bertz CT molecular complexity index is 1080. The second kappa shape index (κ2) is 9.79. The smallest absolute Gasteiger partial charge is 0.317 e. The zero-order valence-electron chi connectivity index (χ0n) is 19.5. The largest absolute Gasteiger partial charge is 0.379 e. The lowest BCUT2D eigenvalue weighted by Crippen LogP contribution is -2.44. The molecule has 0 atom stereocenters. The zero-order valence-corrected chi connectivity index (χ0v) is 20.3. The van der Waals surface area contributed by atoms with Crippen molar-refractivity contribution in [1.29, 1.82) is 0 Å². The fourth-order valence-electron chi connectivity index (χ4n) is 4.67. The third kappa shape index (κ3) is 5.05. The SMILES string of the molecule is CC(C)NC(=O)N1CC=C(C2=CCc3ncc(-c4ccc(CN5CCOCC5)s4)cc32)CC1. The van der Waals surface area contributed by atoms with Crippen LogP contribution in [0.1, 0.15) is 36.4 Å². The number of rotatable bonds is 5. The third-order valence-corrected chi connectivity index (χ3v) is 7.56. The second-order valence-corrected chi connectivity index (χ2v) is 10.4. The molecule has 1 saturated heterocycles. The molecule has 0 radical (unpaired) electrons. The maximum absolute atomic E-state index is 12.3. The Balaban J connectivity index is 1.29. The van der Waals surface area contributed by atoms with Gasteiger partial charge in [-0.1, -0.05) is 12.2 Å². The minimum absolute atomic E-state index is 0.0237. The van der Waals surface area contributed by atoms with Crippen molar-refractivity contribution in [1.82, 2.24) is 20.1 Å². The molecule has 0 aromatic carbocycles. The van der Waals surface area contributed by atoms with Crippen LogP contribution in [0.25, 0.3) is 16.0 Å². The first-order chi connectivity index (χ1) is 16.1. The van der Waals surface area contributed by atoms with Crippen LogP contribution < -0.4 is 5.32 Å². The lowest BCUT2D eigenvalue weighted by atomic mass is 9.95. The molecule has 4 heterocycles. The van der Waals surface area contributed by atoms with Gasteiger partial charge in [0.2, 0.25) is 0 Å². The van der Waals surface area contributed by atoms with Gasteiger partial charge in [-0.05, 0) is 49.6 Å². The number of aromatic nitrogens is 1. The maximum Gasteiger partial charge on any atom is 0.317 e. The molecule has 0 unspecified atom stereocenters. The van der Waals surface area contributed by atoms with Gasteiger partial charge in [-0.15, -0.1) is 11.3 Å². The van der Waals surface area contributed by atoms with E-state index < -0.39 is 0 Å². The molecule has 6 nitrogen and oxygen atoms in total. The number of pyridine rings is 1. The molecular formula is C26H32N4O2S. The molecule has 0 saturated carbocycles. The molecule has 1 N–H and O–H groups in total. The molecule has 2 aromatic heterocycles. The number of fused-ring (bicyclic) bond motifs is 1. The van der Waals surface area contributed by atoms with Crippen LogP contribution in [0.2, 0.25) is 0 Å². The normalized spacial score (nSPS) is 18.8. The van der Waals surface area contributed by atoms with E-state index in [1.165, 1.54) is 32.0 Å². The van der Waals surface area contributed by atoms with Crippen LogP contribution in [0, 0.1) is 0 Å². The van der Waals surface area contributed by atoms with Gasteiger partial charge in [0.05, 0.1) is 18.9 Å². The van der Waals surface area contributed by atoms with E-state index >= 15 is 0 Å². The first-order valence-corrected chi connectivity index (χ1v) is 12.7. The minimum Gasteiger partial charge on any atom is -0.379 e. The van der Waals surface area contributed by atoms with Crippen LogP contribution >= 0.6 is 11.3 Å². The fourth-order valence-corrected chi connectivity index (χ4v) is 5.70. The summed E-state index contributed by atoms with van der Waals surface area (Å²) in [6, 6.07) is 6.97. The van der Waals surface area contributed by atoms with Crippen LogP contribution in [0.4, 0.5) is 4.79 Å². The van der Waals surface area contributed by atoms with E-state index in [0.29, 0.717) is 6.54 Å². The number of morpholine rings is 1. The van der Waals surface area contributed by atoms with Crippen molar-refractivity contribution >= 4 is 22.9 Å². The highest BCUT2D eigenvalue weighted by Gasteiger charge is 2.24. The summed E-state index contributed by atoms with van der Waals surface area (Å²) in [7, 11) is 0. The third-order valence-electron chi connectivity index (χ3n) is 6.44. The van der Waals surface area contributed by atoms with Crippen molar-refractivity contribution < 1.29 is 9.53 Å². The van der Waals surface area contributed by atoms with E-state index in [1.807, 2.05) is 36.3 Å². The number of carbonyl (C=O) groups excluding carboxylic acids is 1. The predicted molar refractivity (Wildman–Crippen MR) is 133 cm³/mol. The van der Waals surface area contributed by atoms with Crippen molar-refractivity contribution in [3.63, 3.8) is 0 Å². The summed E-state index contributed by atoms with van der Waals surface area (Å²) >= 11 is 1.86. The molecule has 5 rings (SSSR count). The molecule has 1 aliphatic carbocycles. The van der Waals surface area contributed by atoms with Crippen molar-refractivity contribution in [3.05, 3.63) is 58.3 Å². The lowest BCUT2D eigenvalue weighted by molar-refractivity contribution is 0.0346. The number of thiophene rings is 1.